The van der Waals surface area contributed by atoms with E-state index in [1.807, 2.05) is 55.5 Å². The number of likely N-dealkylation sites (tertiary alicyclic amines) is 1. The Morgan fingerprint density at radius 2 is 1.73 bits per heavy atom. The van der Waals surface area contributed by atoms with Crippen LogP contribution in [0.25, 0.3) is 0 Å². The first-order chi connectivity index (χ1) is 19.5. The Bertz CT molecular complexity index is 1410. The van der Waals surface area contributed by atoms with Gasteiger partial charge in [0.2, 0.25) is 0 Å². The molecule has 0 saturated carbocycles. The van der Waals surface area contributed by atoms with Crippen LogP contribution in [0.15, 0.2) is 64.1 Å². The summed E-state index contributed by atoms with van der Waals surface area (Å²) in [6.07, 6.45) is 0.876. The lowest BCUT2D eigenvalue weighted by Gasteiger charge is -2.38. The fourth-order valence-electron chi connectivity index (χ4n) is 6.73. The molecule has 3 aliphatic heterocycles. The number of fused-ring (bicyclic) bond motifs is 1. The van der Waals surface area contributed by atoms with Gasteiger partial charge in [0.15, 0.2) is 5.17 Å². The number of quaternary nitrogens is 1. The van der Waals surface area contributed by atoms with Gasteiger partial charge in [-0.2, -0.15) is 4.79 Å². The van der Waals surface area contributed by atoms with Crippen LogP contribution >= 0.6 is 35.0 Å². The van der Waals surface area contributed by atoms with Crippen LogP contribution < -0.4 is 5.73 Å². The number of imide groups is 1. The Hall–Kier alpha value is -2.36. The number of nitrogens with zero attached hydrogens (tertiary/aromatic N) is 3. The minimum absolute atomic E-state index is 0.0343. The Balaban J connectivity index is 1.69. The number of hydrogen-bond acceptors (Lipinski definition) is 7. The number of nitrogens with two attached hydrogens (primary N) is 1. The molecule has 1 saturated heterocycles. The fourth-order valence-corrected chi connectivity index (χ4v) is 8.37. The fraction of sp³-hybridized carbons (Fsp3) is 0.452. The first-order valence-corrected chi connectivity index (χ1v) is 15.7. The Morgan fingerprint density at radius 1 is 1.12 bits per heavy atom. The second-order valence-electron chi connectivity index (χ2n) is 11.4. The molecule has 1 fully saturated rings. The molecule has 7 nitrogen and oxygen atoms in total. The van der Waals surface area contributed by atoms with Crippen LogP contribution in [0, 0.1) is 5.92 Å². The van der Waals surface area contributed by atoms with Crippen molar-refractivity contribution >= 4 is 52.1 Å². The minimum Gasteiger partial charge on any atom is -0.420 e. The summed E-state index contributed by atoms with van der Waals surface area (Å²) in [6, 6.07) is 14.7. The predicted octanol–water partition coefficient (Wildman–Crippen LogP) is 7.25. The molecule has 2 N–H and O–H groups in total. The van der Waals surface area contributed by atoms with Crippen LogP contribution in [0.2, 0.25) is 10.0 Å². The lowest BCUT2D eigenvalue weighted by atomic mass is 9.81. The van der Waals surface area contributed by atoms with E-state index in [1.165, 1.54) is 11.8 Å². The van der Waals surface area contributed by atoms with E-state index < -0.39 is 16.1 Å². The highest BCUT2D eigenvalue weighted by Crippen LogP contribution is 2.57. The zero-order valence-corrected chi connectivity index (χ0v) is 26.4. The molecule has 0 radical (unpaired) electrons. The van der Waals surface area contributed by atoms with E-state index in [1.54, 1.807) is 6.92 Å². The molecule has 0 aromatic heterocycles. The highest BCUT2D eigenvalue weighted by molar-refractivity contribution is 8.18. The van der Waals surface area contributed by atoms with Crippen LogP contribution in [0.3, 0.4) is 0 Å². The standard InChI is InChI=1S/C31H37Cl2N4O3S/c1-6-40-30(39)37(19(4)7-16-24(37)17-34)28(38)26-25(18(2)3)36-27(20-8-12-22(32)13-9-20)31(5,35-29(36)41-26)21-10-14-23(33)15-11-21/h8-15,18-19,24,27H,6-7,16-17,34H2,1-5H3/q+1/t19-,24+,27-,31+,37?/m1/s1. The van der Waals surface area contributed by atoms with Gasteiger partial charge in [0.05, 0.1) is 12.6 Å². The second-order valence-corrected chi connectivity index (χ2v) is 13.3. The molecule has 2 aromatic carbocycles. The van der Waals surface area contributed by atoms with E-state index in [9.17, 15) is 9.59 Å². The molecule has 5 atom stereocenters. The predicted molar refractivity (Wildman–Crippen MR) is 166 cm³/mol. The quantitative estimate of drug-likeness (QED) is 0.345. The molecule has 0 bridgehead atoms. The number of benzene rings is 2. The summed E-state index contributed by atoms with van der Waals surface area (Å²) < 4.78 is 5.15. The van der Waals surface area contributed by atoms with Gasteiger partial charge >= 0.3 is 12.0 Å². The van der Waals surface area contributed by atoms with Crippen molar-refractivity contribution in [1.29, 1.82) is 0 Å². The zero-order chi connectivity index (χ0) is 29.7. The summed E-state index contributed by atoms with van der Waals surface area (Å²) in [5.41, 5.74) is 8.40. The SMILES string of the molecule is CCOC(=O)[N+]1(C(=O)C2=C(C(C)C)N3C(=N[C@@](C)(c4ccc(Cl)cc4)[C@H]3c3ccc(Cl)cc3)S2)[C@H](CN)CC[C@H]1C. The van der Waals surface area contributed by atoms with Crippen molar-refractivity contribution in [2.75, 3.05) is 13.2 Å². The maximum atomic E-state index is 14.8. The maximum Gasteiger partial charge on any atom is 0.524 e. The van der Waals surface area contributed by atoms with Crippen molar-refractivity contribution in [3.05, 3.63) is 80.3 Å². The number of allylic oxidation sites excluding steroid dienone is 1. The van der Waals surface area contributed by atoms with E-state index in [2.05, 4.69) is 25.7 Å². The van der Waals surface area contributed by atoms with Crippen molar-refractivity contribution in [2.45, 2.75) is 71.1 Å². The average molecular weight is 617 g/mol. The highest BCUT2D eigenvalue weighted by atomic mass is 35.5. The van der Waals surface area contributed by atoms with Gasteiger partial charge in [-0.3, -0.25) is 0 Å². The lowest BCUT2D eigenvalue weighted by molar-refractivity contribution is -0.814. The maximum absolute atomic E-state index is 14.8. The van der Waals surface area contributed by atoms with Crippen LogP contribution in [0.5, 0.6) is 0 Å². The van der Waals surface area contributed by atoms with Gasteiger partial charge in [0.25, 0.3) is 0 Å². The molecule has 2 aromatic rings. The molecule has 2 amide bonds. The molecule has 5 rings (SSSR count). The first kappa shape index (κ1) is 30.1. The molecule has 10 heteroatoms. The van der Waals surface area contributed by atoms with Gasteiger partial charge in [-0.15, -0.1) is 4.48 Å². The number of thioether (sulfide) groups is 1. The zero-order valence-electron chi connectivity index (χ0n) is 24.1. The number of halogens is 2. The van der Waals surface area contributed by atoms with Crippen molar-refractivity contribution in [3.8, 4) is 0 Å². The summed E-state index contributed by atoms with van der Waals surface area (Å²) in [7, 11) is 0. The Morgan fingerprint density at radius 3 is 2.29 bits per heavy atom. The smallest absolute Gasteiger partial charge is 0.420 e. The van der Waals surface area contributed by atoms with Gasteiger partial charge in [-0.1, -0.05) is 61.3 Å². The normalized spacial score (nSPS) is 29.2. The third-order valence-corrected chi connectivity index (χ3v) is 10.3. The number of ether oxygens (including phenoxy) is 1. The van der Waals surface area contributed by atoms with Crippen LogP contribution in [-0.2, 0) is 15.1 Å². The van der Waals surface area contributed by atoms with E-state index in [-0.39, 0.29) is 43.1 Å². The number of aliphatic imine (C=N–C) groups is 1. The van der Waals surface area contributed by atoms with Crippen LogP contribution in [0.4, 0.5) is 4.79 Å². The van der Waals surface area contributed by atoms with E-state index in [0.717, 1.165) is 22.0 Å². The van der Waals surface area contributed by atoms with Crippen molar-refractivity contribution < 1.29 is 18.8 Å². The van der Waals surface area contributed by atoms with Crippen molar-refractivity contribution in [1.82, 2.24) is 4.90 Å². The van der Waals surface area contributed by atoms with E-state index in [0.29, 0.717) is 27.8 Å². The van der Waals surface area contributed by atoms with Crippen molar-refractivity contribution in [3.63, 3.8) is 0 Å². The summed E-state index contributed by atoms with van der Waals surface area (Å²) >= 11 is 13.9. The molecular formula is C31H37Cl2N4O3S+. The van der Waals surface area contributed by atoms with Crippen LogP contribution in [0.1, 0.15) is 64.6 Å². The van der Waals surface area contributed by atoms with Gasteiger partial charge in [0.1, 0.15) is 22.5 Å². The number of carbonyl (C=O) groups excluding carboxylic acids is 2. The van der Waals surface area contributed by atoms with Gasteiger partial charge in [-0.25, -0.2) is 9.79 Å². The second kappa shape index (κ2) is 11.4. The number of carbonyl (C=O) groups is 2. The molecule has 41 heavy (non-hydrogen) atoms. The highest BCUT2D eigenvalue weighted by Gasteiger charge is 2.63. The topological polar surface area (TPSA) is 85.0 Å². The van der Waals surface area contributed by atoms with E-state index >= 15 is 0 Å². The largest absolute Gasteiger partial charge is 0.524 e. The molecule has 3 heterocycles. The Labute approximate surface area is 256 Å². The van der Waals surface area contributed by atoms with Gasteiger partial charge in [0, 0.05) is 35.1 Å². The number of amides is 2. The summed E-state index contributed by atoms with van der Waals surface area (Å²) in [5.74, 6) is -0.286. The van der Waals surface area contributed by atoms with Gasteiger partial charge in [-0.05, 0) is 73.8 Å². The molecule has 1 unspecified atom stereocenters. The molecule has 3 aliphatic rings. The third-order valence-electron chi connectivity index (χ3n) is 8.73. The number of hydrogen-bond donors (Lipinski definition) is 1. The lowest BCUT2D eigenvalue weighted by Crippen LogP contribution is -2.65. The van der Waals surface area contributed by atoms with Crippen molar-refractivity contribution in [2.24, 2.45) is 16.6 Å². The molecule has 0 aliphatic carbocycles. The Kier molecular flexibility index (Phi) is 8.36. The number of rotatable bonds is 6. The summed E-state index contributed by atoms with van der Waals surface area (Å²) in [6.45, 7) is 10.4. The minimum atomic E-state index is -0.677. The monoisotopic (exact) mass is 615 g/mol. The molecular weight excluding hydrogens is 579 g/mol. The molecule has 218 valence electrons. The summed E-state index contributed by atoms with van der Waals surface area (Å²) in [4.78, 5) is 36.5. The molecule has 0 spiro atoms. The number of amidine groups is 1. The third kappa shape index (κ3) is 4.72. The van der Waals surface area contributed by atoms with Crippen LogP contribution in [-0.4, -0.2) is 51.8 Å². The van der Waals surface area contributed by atoms with E-state index in [4.69, 9.17) is 38.7 Å². The first-order valence-electron chi connectivity index (χ1n) is 14.1. The average Bonchev–Trinajstić information content (AvgIpc) is 3.56. The summed E-state index contributed by atoms with van der Waals surface area (Å²) in [5, 5.41) is 2.02. The van der Waals surface area contributed by atoms with Gasteiger partial charge < -0.3 is 15.4 Å².